The Bertz CT molecular complexity index is 1060. The van der Waals surface area contributed by atoms with E-state index in [-0.39, 0.29) is 16.3 Å². The van der Waals surface area contributed by atoms with Gasteiger partial charge in [-0.2, -0.15) is 13.5 Å². The molecular weight excluding hydrogens is 384 g/mol. The van der Waals surface area contributed by atoms with Crippen molar-refractivity contribution in [1.29, 1.82) is 0 Å². The van der Waals surface area contributed by atoms with Crippen molar-refractivity contribution in [2.24, 2.45) is 5.92 Å². The molecule has 0 aliphatic carbocycles. The van der Waals surface area contributed by atoms with E-state index in [2.05, 4.69) is 0 Å². The lowest BCUT2D eigenvalue weighted by atomic mass is 9.96. The first-order chi connectivity index (χ1) is 12.5. The minimum Gasteiger partial charge on any atom is -0.293 e. The SMILES string of the molecule is O=C(c1cccc(N2C(=O)C=C(S(=O)(=O)O)C2=O)c1)C1CC(=O)N(O)C1=O. The molecule has 27 heavy (non-hydrogen) atoms. The van der Waals surface area contributed by atoms with Crippen molar-refractivity contribution in [2.45, 2.75) is 6.42 Å². The average molecular weight is 394 g/mol. The van der Waals surface area contributed by atoms with E-state index in [4.69, 9.17) is 4.55 Å². The summed E-state index contributed by atoms with van der Waals surface area (Å²) < 4.78 is 31.3. The van der Waals surface area contributed by atoms with Gasteiger partial charge in [-0.3, -0.25) is 33.7 Å². The molecule has 11 nitrogen and oxygen atoms in total. The molecule has 0 radical (unpaired) electrons. The quantitative estimate of drug-likeness (QED) is 0.220. The monoisotopic (exact) mass is 394 g/mol. The number of hydrogen-bond donors (Lipinski definition) is 2. The number of nitrogens with zero attached hydrogens (tertiary/aromatic N) is 2. The number of hydroxylamine groups is 2. The predicted molar refractivity (Wildman–Crippen MR) is 84.6 cm³/mol. The van der Waals surface area contributed by atoms with Crippen LogP contribution < -0.4 is 4.90 Å². The number of rotatable bonds is 4. The van der Waals surface area contributed by atoms with Crippen LogP contribution in [0.3, 0.4) is 0 Å². The van der Waals surface area contributed by atoms with E-state index in [0.29, 0.717) is 11.0 Å². The van der Waals surface area contributed by atoms with Crippen LogP contribution in [-0.4, -0.2) is 52.7 Å². The van der Waals surface area contributed by atoms with Crippen molar-refractivity contribution in [3.63, 3.8) is 0 Å². The molecule has 1 aromatic carbocycles. The summed E-state index contributed by atoms with van der Waals surface area (Å²) in [6.07, 6.45) is -0.0939. The standard InChI is InChI=1S/C15H10N2O9S/c18-11-6-10(27(24,25)26)15(22)16(11)8-3-1-2-7(4-8)13(20)9-5-12(19)17(23)14(9)21/h1-4,6,9,23H,5H2,(H,24,25,26). The predicted octanol–water partition coefficient (Wildman–Crippen LogP) is -0.722. The van der Waals surface area contributed by atoms with Crippen LogP contribution in [0.15, 0.2) is 35.2 Å². The Labute approximate surface area is 151 Å². The van der Waals surface area contributed by atoms with Gasteiger partial charge in [-0.15, -0.1) is 0 Å². The van der Waals surface area contributed by atoms with Crippen LogP contribution in [-0.2, 0) is 29.3 Å². The molecule has 12 heteroatoms. The van der Waals surface area contributed by atoms with Crippen LogP contribution in [0.25, 0.3) is 0 Å². The number of benzene rings is 1. The molecule has 1 atom stereocenters. The van der Waals surface area contributed by atoms with E-state index in [1.54, 1.807) is 0 Å². The number of anilines is 1. The molecule has 2 heterocycles. The largest absolute Gasteiger partial charge is 0.300 e. The first-order valence-electron chi connectivity index (χ1n) is 7.30. The summed E-state index contributed by atoms with van der Waals surface area (Å²) >= 11 is 0. The maximum absolute atomic E-state index is 12.5. The van der Waals surface area contributed by atoms with Gasteiger partial charge in [0.2, 0.25) is 0 Å². The minimum absolute atomic E-state index is 0.144. The molecule has 4 amide bonds. The summed E-state index contributed by atoms with van der Waals surface area (Å²) in [5.74, 6) is -6.67. The van der Waals surface area contributed by atoms with Gasteiger partial charge in [0.15, 0.2) is 10.7 Å². The van der Waals surface area contributed by atoms with E-state index in [1.807, 2.05) is 0 Å². The van der Waals surface area contributed by atoms with Gasteiger partial charge in [-0.05, 0) is 12.1 Å². The van der Waals surface area contributed by atoms with Gasteiger partial charge in [0.25, 0.3) is 33.7 Å². The van der Waals surface area contributed by atoms with Gasteiger partial charge in [0.05, 0.1) is 5.69 Å². The Balaban J connectivity index is 1.93. The molecule has 0 spiro atoms. The first-order valence-corrected chi connectivity index (χ1v) is 8.74. The summed E-state index contributed by atoms with van der Waals surface area (Å²) in [7, 11) is -4.92. The van der Waals surface area contributed by atoms with Gasteiger partial charge < -0.3 is 0 Å². The molecule has 2 aliphatic rings. The molecule has 1 fully saturated rings. The second-order valence-corrected chi connectivity index (χ2v) is 7.07. The molecule has 0 saturated carbocycles. The number of Topliss-reactive ketones (excluding diaryl/α,β-unsaturated/α-hetero) is 1. The lowest BCUT2D eigenvalue weighted by Gasteiger charge is -2.15. The lowest BCUT2D eigenvalue weighted by Crippen LogP contribution is -2.32. The van der Waals surface area contributed by atoms with Crippen molar-refractivity contribution < 1.29 is 42.2 Å². The van der Waals surface area contributed by atoms with Crippen molar-refractivity contribution >= 4 is 45.2 Å². The molecule has 0 bridgehead atoms. The maximum atomic E-state index is 12.5. The summed E-state index contributed by atoms with van der Waals surface area (Å²) in [4.78, 5) is 58.9. The van der Waals surface area contributed by atoms with E-state index in [0.717, 1.165) is 6.07 Å². The molecule has 140 valence electrons. The Hall–Kier alpha value is -3.22. The molecule has 2 N–H and O–H groups in total. The van der Waals surface area contributed by atoms with E-state index in [9.17, 15) is 37.6 Å². The molecule has 2 aliphatic heterocycles. The third kappa shape index (κ3) is 3.05. The Morgan fingerprint density at radius 3 is 2.33 bits per heavy atom. The number of carbonyl (C=O) groups excluding carboxylic acids is 5. The fraction of sp³-hybridized carbons (Fsp3) is 0.133. The van der Waals surface area contributed by atoms with Gasteiger partial charge in [-0.1, -0.05) is 12.1 Å². The zero-order chi connectivity index (χ0) is 20.1. The fourth-order valence-corrected chi connectivity index (χ4v) is 3.26. The van der Waals surface area contributed by atoms with Crippen LogP contribution in [0, 0.1) is 5.92 Å². The van der Waals surface area contributed by atoms with Crippen LogP contribution in [0.1, 0.15) is 16.8 Å². The number of imide groups is 2. The summed E-state index contributed by atoms with van der Waals surface area (Å²) in [5.41, 5.74) is -0.321. The molecule has 1 unspecified atom stereocenters. The van der Waals surface area contributed by atoms with E-state index >= 15 is 0 Å². The van der Waals surface area contributed by atoms with Gasteiger partial charge in [0.1, 0.15) is 5.92 Å². The number of carbonyl (C=O) groups is 5. The van der Waals surface area contributed by atoms with Crippen LogP contribution in [0.5, 0.6) is 0 Å². The smallest absolute Gasteiger partial charge is 0.293 e. The third-order valence-electron chi connectivity index (χ3n) is 3.99. The number of ketones is 1. The molecular formula is C15H10N2O9S. The highest BCUT2D eigenvalue weighted by molar-refractivity contribution is 7.91. The Morgan fingerprint density at radius 2 is 1.81 bits per heavy atom. The molecule has 0 aromatic heterocycles. The van der Waals surface area contributed by atoms with Gasteiger partial charge in [-0.25, -0.2) is 4.90 Å². The van der Waals surface area contributed by atoms with Gasteiger partial charge in [0, 0.05) is 18.1 Å². The Morgan fingerprint density at radius 1 is 1.15 bits per heavy atom. The zero-order valence-electron chi connectivity index (χ0n) is 13.2. The molecule has 1 aromatic rings. The normalized spacial score (nSPS) is 20.5. The first kappa shape index (κ1) is 18.6. The second kappa shape index (κ2) is 6.19. The van der Waals surface area contributed by atoms with Gasteiger partial charge >= 0.3 is 0 Å². The maximum Gasteiger partial charge on any atom is 0.300 e. The molecule has 3 rings (SSSR count). The average Bonchev–Trinajstić information content (AvgIpc) is 3.04. The topological polar surface area (TPSA) is 166 Å². The highest BCUT2D eigenvalue weighted by atomic mass is 32.2. The van der Waals surface area contributed by atoms with Crippen molar-refractivity contribution in [3.05, 3.63) is 40.8 Å². The van der Waals surface area contributed by atoms with Crippen LogP contribution in [0.2, 0.25) is 0 Å². The lowest BCUT2D eigenvalue weighted by molar-refractivity contribution is -0.171. The van der Waals surface area contributed by atoms with Crippen molar-refractivity contribution in [3.8, 4) is 0 Å². The highest BCUT2D eigenvalue weighted by Gasteiger charge is 2.43. The fourth-order valence-electron chi connectivity index (χ4n) is 2.70. The Kier molecular flexibility index (Phi) is 4.26. The number of amides is 4. The third-order valence-corrected chi connectivity index (χ3v) is 4.84. The highest BCUT2D eigenvalue weighted by Crippen LogP contribution is 2.28. The van der Waals surface area contributed by atoms with E-state index < -0.39 is 56.8 Å². The zero-order valence-corrected chi connectivity index (χ0v) is 14.0. The summed E-state index contributed by atoms with van der Waals surface area (Å²) in [6, 6.07) is 4.81. The van der Waals surface area contributed by atoms with Crippen LogP contribution in [0.4, 0.5) is 5.69 Å². The summed E-state index contributed by atoms with van der Waals surface area (Å²) in [5, 5.41) is 9.08. The second-order valence-electron chi connectivity index (χ2n) is 5.68. The molecule has 1 saturated heterocycles. The minimum atomic E-state index is -4.92. The van der Waals surface area contributed by atoms with E-state index in [1.165, 1.54) is 18.2 Å². The van der Waals surface area contributed by atoms with Crippen molar-refractivity contribution in [2.75, 3.05) is 4.90 Å². The van der Waals surface area contributed by atoms with Crippen LogP contribution >= 0.6 is 0 Å². The summed E-state index contributed by atoms with van der Waals surface area (Å²) in [6.45, 7) is 0. The number of hydrogen-bond acceptors (Lipinski definition) is 8. The van der Waals surface area contributed by atoms with Crippen molar-refractivity contribution in [1.82, 2.24) is 5.06 Å².